The molecule has 0 aliphatic heterocycles. The van der Waals surface area contributed by atoms with Gasteiger partial charge >= 0.3 is 0 Å². The highest BCUT2D eigenvalue weighted by atomic mass is 16.2. The number of hydrogen-bond acceptors (Lipinski definition) is 3. The van der Waals surface area contributed by atoms with Crippen molar-refractivity contribution in [2.75, 3.05) is 0 Å². The van der Waals surface area contributed by atoms with Crippen LogP contribution in [0, 0.1) is 6.92 Å². The summed E-state index contributed by atoms with van der Waals surface area (Å²) < 4.78 is 1.73. The average Bonchev–Trinajstić information content (AvgIpc) is 2.52. The van der Waals surface area contributed by atoms with Crippen molar-refractivity contribution in [2.24, 2.45) is 12.8 Å². The summed E-state index contributed by atoms with van der Waals surface area (Å²) >= 11 is 0. The van der Waals surface area contributed by atoms with E-state index in [1.165, 1.54) is 0 Å². The molecule has 5 nitrogen and oxygen atoms in total. The molecule has 0 bridgehead atoms. The van der Waals surface area contributed by atoms with Crippen molar-refractivity contribution in [2.45, 2.75) is 32.9 Å². The quantitative estimate of drug-likeness (QED) is 0.739. The number of nitrogens with zero attached hydrogens (tertiary/aromatic N) is 2. The van der Waals surface area contributed by atoms with E-state index in [0.29, 0.717) is 13.0 Å². The second-order valence-electron chi connectivity index (χ2n) is 3.65. The van der Waals surface area contributed by atoms with Crippen molar-refractivity contribution in [1.82, 2.24) is 15.1 Å². The topological polar surface area (TPSA) is 72.9 Å². The van der Waals surface area contributed by atoms with Crippen LogP contribution in [0.1, 0.15) is 24.6 Å². The highest BCUT2D eigenvalue weighted by molar-refractivity contribution is 5.81. The van der Waals surface area contributed by atoms with Crippen LogP contribution < -0.4 is 11.1 Å². The van der Waals surface area contributed by atoms with Crippen LogP contribution in [0.4, 0.5) is 0 Å². The first-order chi connectivity index (χ1) is 7.04. The third-order valence-electron chi connectivity index (χ3n) is 2.34. The number of amides is 1. The van der Waals surface area contributed by atoms with Crippen molar-refractivity contribution in [3.8, 4) is 0 Å². The first kappa shape index (κ1) is 11.7. The Kier molecular flexibility index (Phi) is 3.85. The Hall–Kier alpha value is -1.36. The number of nitrogens with two attached hydrogens (primary N) is 1. The molecule has 0 aliphatic carbocycles. The Morgan fingerprint density at radius 1 is 1.73 bits per heavy atom. The highest BCUT2D eigenvalue weighted by Crippen LogP contribution is 2.03. The Morgan fingerprint density at radius 3 is 2.87 bits per heavy atom. The minimum absolute atomic E-state index is 0.110. The first-order valence-electron chi connectivity index (χ1n) is 5.07. The Bertz CT molecular complexity index is 345. The van der Waals surface area contributed by atoms with Crippen LogP contribution in [0.2, 0.25) is 0 Å². The molecule has 0 unspecified atom stereocenters. The van der Waals surface area contributed by atoms with E-state index in [1.54, 1.807) is 4.68 Å². The van der Waals surface area contributed by atoms with Gasteiger partial charge in [0.15, 0.2) is 0 Å². The number of rotatable bonds is 4. The molecule has 1 amide bonds. The van der Waals surface area contributed by atoms with Crippen molar-refractivity contribution in [3.63, 3.8) is 0 Å². The fourth-order valence-electron chi connectivity index (χ4n) is 1.32. The smallest absolute Gasteiger partial charge is 0.237 e. The van der Waals surface area contributed by atoms with E-state index in [1.807, 2.05) is 27.1 Å². The molecule has 84 valence electrons. The van der Waals surface area contributed by atoms with E-state index in [-0.39, 0.29) is 5.91 Å². The van der Waals surface area contributed by atoms with E-state index >= 15 is 0 Å². The monoisotopic (exact) mass is 210 g/mol. The van der Waals surface area contributed by atoms with Gasteiger partial charge in [0.25, 0.3) is 0 Å². The second kappa shape index (κ2) is 4.93. The van der Waals surface area contributed by atoms with Crippen molar-refractivity contribution >= 4 is 5.91 Å². The van der Waals surface area contributed by atoms with Crippen LogP contribution in [0.15, 0.2) is 6.20 Å². The van der Waals surface area contributed by atoms with Gasteiger partial charge in [-0.3, -0.25) is 9.48 Å². The minimum Gasteiger partial charge on any atom is -0.351 e. The van der Waals surface area contributed by atoms with Crippen LogP contribution in [-0.2, 0) is 18.4 Å². The number of hydrogen-bond donors (Lipinski definition) is 2. The lowest BCUT2D eigenvalue weighted by Gasteiger charge is -2.09. The van der Waals surface area contributed by atoms with Gasteiger partial charge in [0.05, 0.1) is 11.7 Å². The number of carbonyl (C=O) groups is 1. The molecule has 5 heteroatoms. The molecular formula is C10H18N4O. The van der Waals surface area contributed by atoms with Gasteiger partial charge < -0.3 is 11.1 Å². The average molecular weight is 210 g/mol. The molecule has 3 N–H and O–H groups in total. The fourth-order valence-corrected chi connectivity index (χ4v) is 1.32. The van der Waals surface area contributed by atoms with Crippen LogP contribution >= 0.6 is 0 Å². The van der Waals surface area contributed by atoms with Gasteiger partial charge in [-0.15, -0.1) is 0 Å². The van der Waals surface area contributed by atoms with E-state index in [4.69, 9.17) is 5.73 Å². The fraction of sp³-hybridized carbons (Fsp3) is 0.600. The van der Waals surface area contributed by atoms with E-state index < -0.39 is 6.04 Å². The molecule has 1 aromatic heterocycles. The lowest BCUT2D eigenvalue weighted by Crippen LogP contribution is -2.39. The summed E-state index contributed by atoms with van der Waals surface area (Å²) in [6.45, 7) is 4.30. The lowest BCUT2D eigenvalue weighted by molar-refractivity contribution is -0.122. The molecule has 0 spiro atoms. The zero-order valence-corrected chi connectivity index (χ0v) is 9.45. The molecule has 15 heavy (non-hydrogen) atoms. The Balaban J connectivity index is 2.50. The maximum absolute atomic E-state index is 11.4. The molecule has 1 rings (SSSR count). The molecule has 0 saturated heterocycles. The second-order valence-corrected chi connectivity index (χ2v) is 3.65. The third kappa shape index (κ3) is 3.06. The number of carbonyl (C=O) groups excluding carboxylic acids is 1. The molecule has 1 atom stereocenters. The van der Waals surface area contributed by atoms with Crippen LogP contribution in [0.3, 0.4) is 0 Å². The molecule has 0 saturated carbocycles. The molecule has 0 aromatic carbocycles. The van der Waals surface area contributed by atoms with E-state index in [0.717, 1.165) is 11.3 Å². The van der Waals surface area contributed by atoms with E-state index in [9.17, 15) is 4.79 Å². The minimum atomic E-state index is -0.415. The molecular weight excluding hydrogens is 192 g/mol. The van der Waals surface area contributed by atoms with Crippen LogP contribution in [0.5, 0.6) is 0 Å². The normalized spacial score (nSPS) is 12.5. The molecule has 1 aromatic rings. The standard InChI is InChI=1S/C10H18N4O/c1-4-9(11)10(15)12-5-8-6-14(3)13-7(8)2/h6,9H,4-5,11H2,1-3H3,(H,12,15)/t9-/m0/s1. The van der Waals surface area contributed by atoms with Crippen molar-refractivity contribution in [3.05, 3.63) is 17.5 Å². The van der Waals surface area contributed by atoms with Gasteiger partial charge in [0.1, 0.15) is 0 Å². The molecule has 0 radical (unpaired) electrons. The van der Waals surface area contributed by atoms with Gasteiger partial charge in [0.2, 0.25) is 5.91 Å². The largest absolute Gasteiger partial charge is 0.351 e. The van der Waals surface area contributed by atoms with Crippen molar-refractivity contribution in [1.29, 1.82) is 0 Å². The van der Waals surface area contributed by atoms with Gasteiger partial charge in [-0.25, -0.2) is 0 Å². The van der Waals surface area contributed by atoms with Crippen molar-refractivity contribution < 1.29 is 4.79 Å². The number of aryl methyl sites for hydroxylation is 2. The summed E-state index contributed by atoms with van der Waals surface area (Å²) in [5, 5.41) is 6.97. The predicted molar refractivity (Wildman–Crippen MR) is 58.1 cm³/mol. The Morgan fingerprint density at radius 2 is 2.40 bits per heavy atom. The van der Waals surface area contributed by atoms with Gasteiger partial charge in [-0.05, 0) is 13.3 Å². The SMILES string of the molecule is CC[C@H](N)C(=O)NCc1cn(C)nc1C. The summed E-state index contributed by atoms with van der Waals surface area (Å²) in [5.74, 6) is -0.110. The summed E-state index contributed by atoms with van der Waals surface area (Å²) in [4.78, 5) is 11.4. The maximum Gasteiger partial charge on any atom is 0.237 e. The summed E-state index contributed by atoms with van der Waals surface area (Å²) in [5.41, 5.74) is 7.55. The maximum atomic E-state index is 11.4. The van der Waals surface area contributed by atoms with Gasteiger partial charge in [-0.2, -0.15) is 5.10 Å². The van der Waals surface area contributed by atoms with Crippen LogP contribution in [-0.4, -0.2) is 21.7 Å². The Labute approximate surface area is 89.6 Å². The number of aromatic nitrogens is 2. The van der Waals surface area contributed by atoms with Gasteiger partial charge in [-0.1, -0.05) is 6.92 Å². The highest BCUT2D eigenvalue weighted by Gasteiger charge is 2.11. The summed E-state index contributed by atoms with van der Waals surface area (Å²) in [6.07, 6.45) is 2.55. The number of nitrogens with one attached hydrogen (secondary N) is 1. The summed E-state index contributed by atoms with van der Waals surface area (Å²) in [6, 6.07) is -0.415. The van der Waals surface area contributed by atoms with Gasteiger partial charge in [0, 0.05) is 25.4 Å². The molecule has 0 fully saturated rings. The summed E-state index contributed by atoms with van der Waals surface area (Å²) in [7, 11) is 1.86. The lowest BCUT2D eigenvalue weighted by atomic mass is 10.2. The predicted octanol–water partition coefficient (Wildman–Crippen LogP) is 0.0820. The third-order valence-corrected chi connectivity index (χ3v) is 2.34. The van der Waals surface area contributed by atoms with E-state index in [2.05, 4.69) is 10.4 Å². The first-order valence-corrected chi connectivity index (χ1v) is 5.07. The molecule has 1 heterocycles. The van der Waals surface area contributed by atoms with Crippen LogP contribution in [0.25, 0.3) is 0 Å². The molecule has 0 aliphatic rings. The zero-order valence-electron chi connectivity index (χ0n) is 9.45. The zero-order chi connectivity index (χ0) is 11.4.